The molecule has 0 spiro atoms. The van der Waals surface area contributed by atoms with E-state index in [1.807, 2.05) is 30.0 Å². The van der Waals surface area contributed by atoms with Crippen LogP contribution in [0.2, 0.25) is 0 Å². The lowest BCUT2D eigenvalue weighted by Crippen LogP contribution is -2.59. The Morgan fingerprint density at radius 1 is 1.26 bits per heavy atom. The summed E-state index contributed by atoms with van der Waals surface area (Å²) in [4.78, 5) is 16.9. The second-order valence-corrected chi connectivity index (χ2v) is 5.99. The largest absolute Gasteiger partial charge is 0.495 e. The standard InChI is InChI=1S/C17H25N3O3/c1-13-16(18-7-12-23-13)17(21)20-10-8-19(9-11-20)14-5-3-4-6-15(14)22-2/h3-6,13,16,18H,7-12H2,1-2H3/t13-,16+/m1/s1. The average Bonchev–Trinajstić information content (AvgIpc) is 2.61. The van der Waals surface area contributed by atoms with Crippen LogP contribution in [-0.2, 0) is 9.53 Å². The molecule has 126 valence electrons. The molecule has 6 heteroatoms. The van der Waals surface area contributed by atoms with Gasteiger partial charge in [-0.15, -0.1) is 0 Å². The number of nitrogens with zero attached hydrogens (tertiary/aromatic N) is 2. The van der Waals surface area contributed by atoms with Crippen molar-refractivity contribution >= 4 is 11.6 Å². The molecule has 1 aromatic carbocycles. The van der Waals surface area contributed by atoms with E-state index in [1.165, 1.54) is 0 Å². The van der Waals surface area contributed by atoms with Gasteiger partial charge in [0.05, 0.1) is 25.5 Å². The molecule has 1 amide bonds. The zero-order valence-electron chi connectivity index (χ0n) is 13.8. The Bertz CT molecular complexity index is 544. The molecule has 0 saturated carbocycles. The first-order chi connectivity index (χ1) is 11.2. The molecular formula is C17H25N3O3. The molecule has 0 aliphatic carbocycles. The monoisotopic (exact) mass is 319 g/mol. The van der Waals surface area contributed by atoms with Crippen LogP contribution in [0.3, 0.4) is 0 Å². The normalized spacial score (nSPS) is 25.3. The van der Waals surface area contributed by atoms with Crippen LogP contribution in [0.5, 0.6) is 5.75 Å². The predicted octanol–water partition coefficient (Wildman–Crippen LogP) is 0.721. The van der Waals surface area contributed by atoms with Crippen molar-refractivity contribution in [1.82, 2.24) is 10.2 Å². The molecule has 23 heavy (non-hydrogen) atoms. The Balaban J connectivity index is 1.61. The maximum atomic E-state index is 12.7. The lowest BCUT2D eigenvalue weighted by Gasteiger charge is -2.39. The van der Waals surface area contributed by atoms with Crippen molar-refractivity contribution in [2.45, 2.75) is 19.1 Å². The maximum absolute atomic E-state index is 12.7. The van der Waals surface area contributed by atoms with E-state index >= 15 is 0 Å². The molecule has 2 aliphatic rings. The Kier molecular flexibility index (Phi) is 5.03. The first kappa shape index (κ1) is 16.1. The number of morpholine rings is 1. The number of methoxy groups -OCH3 is 1. The molecule has 2 fully saturated rings. The van der Waals surface area contributed by atoms with Gasteiger partial charge in [0, 0.05) is 32.7 Å². The summed E-state index contributed by atoms with van der Waals surface area (Å²) < 4.78 is 11.0. The fraction of sp³-hybridized carbons (Fsp3) is 0.588. The van der Waals surface area contributed by atoms with Crippen LogP contribution >= 0.6 is 0 Å². The molecule has 0 aromatic heterocycles. The Morgan fingerprint density at radius 2 is 2.00 bits per heavy atom. The zero-order chi connectivity index (χ0) is 16.2. The number of rotatable bonds is 3. The van der Waals surface area contributed by atoms with Crippen molar-refractivity contribution in [3.05, 3.63) is 24.3 Å². The highest BCUT2D eigenvalue weighted by Gasteiger charge is 2.33. The Labute approximate surface area is 137 Å². The van der Waals surface area contributed by atoms with Gasteiger partial charge in [0.15, 0.2) is 0 Å². The summed E-state index contributed by atoms with van der Waals surface area (Å²) in [6, 6.07) is 7.80. The molecule has 1 aromatic rings. The smallest absolute Gasteiger partial charge is 0.242 e. The van der Waals surface area contributed by atoms with Gasteiger partial charge in [0.25, 0.3) is 0 Å². The second kappa shape index (κ2) is 7.19. The first-order valence-electron chi connectivity index (χ1n) is 8.22. The summed E-state index contributed by atoms with van der Waals surface area (Å²) in [6.45, 7) is 6.44. The third kappa shape index (κ3) is 3.43. The fourth-order valence-electron chi connectivity index (χ4n) is 3.26. The van der Waals surface area contributed by atoms with Gasteiger partial charge in [-0.3, -0.25) is 4.79 Å². The summed E-state index contributed by atoms with van der Waals surface area (Å²) in [5.41, 5.74) is 1.09. The number of anilines is 1. The van der Waals surface area contributed by atoms with Crippen LogP contribution in [0.25, 0.3) is 0 Å². The van der Waals surface area contributed by atoms with Crippen LogP contribution in [0.15, 0.2) is 24.3 Å². The van der Waals surface area contributed by atoms with E-state index in [0.29, 0.717) is 6.61 Å². The number of benzene rings is 1. The molecule has 2 aliphatic heterocycles. The number of para-hydroxylation sites is 2. The van der Waals surface area contributed by atoms with E-state index in [-0.39, 0.29) is 18.1 Å². The van der Waals surface area contributed by atoms with Crippen molar-refractivity contribution in [3.8, 4) is 5.75 Å². The summed E-state index contributed by atoms with van der Waals surface area (Å²) in [6.07, 6.45) is -0.0662. The molecule has 2 saturated heterocycles. The van der Waals surface area contributed by atoms with Gasteiger partial charge in [-0.1, -0.05) is 12.1 Å². The van der Waals surface area contributed by atoms with E-state index in [1.54, 1.807) is 7.11 Å². The van der Waals surface area contributed by atoms with Gasteiger partial charge in [-0.05, 0) is 19.1 Å². The number of ether oxygens (including phenoxy) is 2. The SMILES string of the molecule is COc1ccccc1N1CCN(C(=O)[C@H]2NCCO[C@@H]2C)CC1. The van der Waals surface area contributed by atoms with Crippen LogP contribution < -0.4 is 15.0 Å². The van der Waals surface area contributed by atoms with Crippen molar-refractivity contribution < 1.29 is 14.3 Å². The molecule has 0 bridgehead atoms. The number of carbonyl (C=O) groups excluding carboxylic acids is 1. The third-order valence-corrected chi connectivity index (χ3v) is 4.60. The maximum Gasteiger partial charge on any atom is 0.242 e. The minimum Gasteiger partial charge on any atom is -0.495 e. The summed E-state index contributed by atoms with van der Waals surface area (Å²) in [5.74, 6) is 1.03. The van der Waals surface area contributed by atoms with Gasteiger partial charge in [-0.25, -0.2) is 0 Å². The van der Waals surface area contributed by atoms with E-state index in [9.17, 15) is 4.79 Å². The Hall–Kier alpha value is -1.79. The molecule has 2 atom stereocenters. The molecule has 0 radical (unpaired) electrons. The fourth-order valence-corrected chi connectivity index (χ4v) is 3.26. The van der Waals surface area contributed by atoms with E-state index in [2.05, 4.69) is 16.3 Å². The van der Waals surface area contributed by atoms with Crippen LogP contribution in [0.4, 0.5) is 5.69 Å². The minimum absolute atomic E-state index is 0.0662. The van der Waals surface area contributed by atoms with Crippen LogP contribution in [0, 0.1) is 0 Å². The summed E-state index contributed by atoms with van der Waals surface area (Å²) in [5, 5.41) is 3.28. The van der Waals surface area contributed by atoms with E-state index in [0.717, 1.165) is 44.2 Å². The number of hydrogen-bond acceptors (Lipinski definition) is 5. The first-order valence-corrected chi connectivity index (χ1v) is 8.22. The predicted molar refractivity (Wildman–Crippen MR) is 89.0 cm³/mol. The van der Waals surface area contributed by atoms with Crippen molar-refractivity contribution in [3.63, 3.8) is 0 Å². The van der Waals surface area contributed by atoms with Gasteiger partial charge in [0.2, 0.25) is 5.91 Å². The Morgan fingerprint density at radius 3 is 2.70 bits per heavy atom. The lowest BCUT2D eigenvalue weighted by molar-refractivity contribution is -0.139. The van der Waals surface area contributed by atoms with Crippen molar-refractivity contribution in [1.29, 1.82) is 0 Å². The topological polar surface area (TPSA) is 54.0 Å². The van der Waals surface area contributed by atoms with Crippen molar-refractivity contribution in [2.24, 2.45) is 0 Å². The van der Waals surface area contributed by atoms with Crippen molar-refractivity contribution in [2.75, 3.05) is 51.3 Å². The molecule has 2 heterocycles. The number of amides is 1. The second-order valence-electron chi connectivity index (χ2n) is 5.99. The molecule has 1 N–H and O–H groups in total. The molecule has 0 unspecified atom stereocenters. The van der Waals surface area contributed by atoms with Crippen LogP contribution in [-0.4, -0.2) is 69.4 Å². The molecule has 6 nitrogen and oxygen atoms in total. The quantitative estimate of drug-likeness (QED) is 0.890. The summed E-state index contributed by atoms with van der Waals surface area (Å²) >= 11 is 0. The number of carbonyl (C=O) groups is 1. The van der Waals surface area contributed by atoms with E-state index < -0.39 is 0 Å². The average molecular weight is 319 g/mol. The third-order valence-electron chi connectivity index (χ3n) is 4.60. The zero-order valence-corrected chi connectivity index (χ0v) is 13.8. The minimum atomic E-state index is -0.221. The van der Waals surface area contributed by atoms with Gasteiger partial charge in [0.1, 0.15) is 11.8 Å². The molecular weight excluding hydrogens is 294 g/mol. The molecule has 3 rings (SSSR count). The number of hydrogen-bond donors (Lipinski definition) is 1. The van der Waals surface area contributed by atoms with Gasteiger partial charge in [-0.2, -0.15) is 0 Å². The highest BCUT2D eigenvalue weighted by Crippen LogP contribution is 2.28. The number of nitrogens with one attached hydrogen (secondary N) is 1. The lowest BCUT2D eigenvalue weighted by atomic mass is 10.1. The van der Waals surface area contributed by atoms with Gasteiger partial charge >= 0.3 is 0 Å². The van der Waals surface area contributed by atoms with Gasteiger partial charge < -0.3 is 24.6 Å². The number of piperazine rings is 1. The van der Waals surface area contributed by atoms with Crippen LogP contribution in [0.1, 0.15) is 6.92 Å². The highest BCUT2D eigenvalue weighted by molar-refractivity contribution is 5.83. The van der Waals surface area contributed by atoms with E-state index in [4.69, 9.17) is 9.47 Å². The highest BCUT2D eigenvalue weighted by atomic mass is 16.5. The summed E-state index contributed by atoms with van der Waals surface area (Å²) in [7, 11) is 1.69.